The zero-order valence-corrected chi connectivity index (χ0v) is 19.1. The van der Waals surface area contributed by atoms with E-state index in [0.29, 0.717) is 60.2 Å². The molecule has 8 nitrogen and oxygen atoms in total. The number of fused-ring (bicyclic) bond motifs is 2. The lowest BCUT2D eigenvalue weighted by molar-refractivity contribution is -0.274. The van der Waals surface area contributed by atoms with Gasteiger partial charge in [0, 0.05) is 37.8 Å². The molecule has 2 unspecified atom stereocenters. The van der Waals surface area contributed by atoms with Gasteiger partial charge in [-0.1, -0.05) is 12.1 Å². The van der Waals surface area contributed by atoms with Crippen LogP contribution >= 0.6 is 0 Å². The number of alkyl halides is 3. The van der Waals surface area contributed by atoms with Gasteiger partial charge in [-0.3, -0.25) is 9.59 Å². The van der Waals surface area contributed by atoms with Crippen LogP contribution in [-0.2, 0) is 4.79 Å². The number of amides is 2. The van der Waals surface area contributed by atoms with Crippen LogP contribution in [0.25, 0.3) is 17.1 Å². The highest BCUT2D eigenvalue weighted by Crippen LogP contribution is 2.33. The van der Waals surface area contributed by atoms with E-state index in [9.17, 15) is 22.8 Å². The topological polar surface area (TPSA) is 88.8 Å². The smallest absolute Gasteiger partial charge is 0.406 e. The Bertz CT molecular complexity index is 1270. The van der Waals surface area contributed by atoms with Crippen molar-refractivity contribution in [2.24, 2.45) is 11.8 Å². The number of ether oxygens (including phenoxy) is 1. The minimum atomic E-state index is -4.74. The number of likely N-dealkylation sites (tertiary alicyclic amines) is 2. The number of hydrogen-bond acceptors (Lipinski definition) is 6. The Labute approximate surface area is 204 Å². The highest BCUT2D eigenvalue weighted by atomic mass is 19.4. The molecule has 11 heteroatoms. The lowest BCUT2D eigenvalue weighted by Gasteiger charge is -2.21. The molecule has 3 aromatic rings. The Balaban J connectivity index is 1.15. The third-order valence-corrected chi connectivity index (χ3v) is 6.75. The number of aromatic nitrogens is 2. The Kier molecular flexibility index (Phi) is 6.38. The van der Waals surface area contributed by atoms with Crippen molar-refractivity contribution < 1.29 is 32.1 Å². The van der Waals surface area contributed by atoms with Crippen molar-refractivity contribution in [3.8, 4) is 5.75 Å². The van der Waals surface area contributed by atoms with Gasteiger partial charge < -0.3 is 14.5 Å². The molecular weight excluding hydrogens is 477 g/mol. The average Bonchev–Trinajstić information content (AvgIpc) is 3.44. The normalized spacial score (nSPS) is 20.5. The van der Waals surface area contributed by atoms with Crippen LogP contribution in [0.2, 0.25) is 0 Å². The van der Waals surface area contributed by atoms with Gasteiger partial charge in [0.15, 0.2) is 0 Å². The molecule has 1 aromatic heterocycles. The van der Waals surface area contributed by atoms with Gasteiger partial charge in [0.2, 0.25) is 5.91 Å². The monoisotopic (exact) mass is 500 g/mol. The molecule has 2 amide bonds. The second-order valence-corrected chi connectivity index (χ2v) is 9.05. The Morgan fingerprint density at radius 1 is 0.944 bits per heavy atom. The first-order valence-electron chi connectivity index (χ1n) is 11.6. The maximum absolute atomic E-state index is 13.0. The molecule has 2 fully saturated rings. The highest BCUT2D eigenvalue weighted by Gasteiger charge is 2.37. The van der Waals surface area contributed by atoms with E-state index < -0.39 is 6.36 Å². The van der Waals surface area contributed by atoms with E-state index in [0.717, 1.165) is 12.8 Å². The zero-order chi connectivity index (χ0) is 25.3. The molecule has 0 bridgehead atoms. The molecule has 2 aromatic carbocycles. The maximum atomic E-state index is 13.0. The van der Waals surface area contributed by atoms with E-state index in [4.69, 9.17) is 4.63 Å². The molecular formula is C25H23F3N4O4. The molecule has 0 aliphatic carbocycles. The fourth-order valence-electron chi connectivity index (χ4n) is 4.89. The highest BCUT2D eigenvalue weighted by molar-refractivity contribution is 5.97. The number of benzene rings is 2. The van der Waals surface area contributed by atoms with Crippen LogP contribution in [-0.4, -0.2) is 64.5 Å². The number of halogens is 3. The molecule has 2 saturated heterocycles. The molecule has 36 heavy (non-hydrogen) atoms. The molecule has 0 spiro atoms. The molecule has 2 aliphatic rings. The van der Waals surface area contributed by atoms with Crippen molar-refractivity contribution in [1.29, 1.82) is 0 Å². The Hall–Kier alpha value is -3.89. The van der Waals surface area contributed by atoms with Gasteiger partial charge in [0.05, 0.1) is 0 Å². The summed E-state index contributed by atoms with van der Waals surface area (Å²) in [6.45, 7) is 2.45. The predicted molar refractivity (Wildman–Crippen MR) is 123 cm³/mol. The average molecular weight is 500 g/mol. The van der Waals surface area contributed by atoms with Crippen molar-refractivity contribution in [2.45, 2.75) is 19.2 Å². The first kappa shape index (κ1) is 23.8. The molecule has 0 N–H and O–H groups in total. The first-order chi connectivity index (χ1) is 17.2. The second kappa shape index (κ2) is 9.63. The molecule has 2 aliphatic heterocycles. The lowest BCUT2D eigenvalue weighted by Crippen LogP contribution is -2.33. The molecule has 188 valence electrons. The number of rotatable bonds is 4. The quantitative estimate of drug-likeness (QED) is 0.501. The zero-order valence-electron chi connectivity index (χ0n) is 19.1. The van der Waals surface area contributed by atoms with Gasteiger partial charge in [-0.15, -0.1) is 13.2 Å². The van der Waals surface area contributed by atoms with E-state index in [1.54, 1.807) is 29.2 Å². The molecule has 5 rings (SSSR count). The predicted octanol–water partition coefficient (Wildman–Crippen LogP) is 4.15. The fraction of sp³-hybridized carbons (Fsp3) is 0.360. The van der Waals surface area contributed by atoms with Gasteiger partial charge in [0.25, 0.3) is 5.91 Å². The Morgan fingerprint density at radius 3 is 2.28 bits per heavy atom. The standard InChI is InChI=1S/C25H23F3N4O4/c26-25(27,28)35-20-5-1-16(2-6-20)3-8-23(33)31-11-9-18-14-32(15-19(18)10-12-31)24(34)17-4-7-21-22(13-17)30-36-29-21/h1-8,13,18-19H,9-12,14-15H2/b8-3+. The number of hydrogen-bond donors (Lipinski definition) is 0. The summed E-state index contributed by atoms with van der Waals surface area (Å²) >= 11 is 0. The summed E-state index contributed by atoms with van der Waals surface area (Å²) in [5.74, 6) is 0.125. The number of carbonyl (C=O) groups is 2. The summed E-state index contributed by atoms with van der Waals surface area (Å²) in [5.41, 5.74) is 2.29. The van der Waals surface area contributed by atoms with E-state index >= 15 is 0 Å². The minimum Gasteiger partial charge on any atom is -0.406 e. The first-order valence-corrected chi connectivity index (χ1v) is 11.6. The van der Waals surface area contributed by atoms with Crippen molar-refractivity contribution in [2.75, 3.05) is 26.2 Å². The summed E-state index contributed by atoms with van der Waals surface area (Å²) < 4.78 is 45.4. The lowest BCUT2D eigenvalue weighted by atomic mass is 9.92. The largest absolute Gasteiger partial charge is 0.573 e. The van der Waals surface area contributed by atoms with Crippen LogP contribution in [0, 0.1) is 11.8 Å². The molecule has 2 atom stereocenters. The van der Waals surface area contributed by atoms with Crippen LogP contribution in [0.15, 0.2) is 53.2 Å². The van der Waals surface area contributed by atoms with Gasteiger partial charge in [-0.05, 0) is 77.0 Å². The van der Waals surface area contributed by atoms with Gasteiger partial charge in [-0.2, -0.15) is 0 Å². The third kappa shape index (κ3) is 5.34. The third-order valence-electron chi connectivity index (χ3n) is 6.75. The molecule has 3 heterocycles. The van der Waals surface area contributed by atoms with Gasteiger partial charge in [-0.25, -0.2) is 4.63 Å². The summed E-state index contributed by atoms with van der Waals surface area (Å²) in [7, 11) is 0. The van der Waals surface area contributed by atoms with E-state index in [1.165, 1.54) is 30.3 Å². The SMILES string of the molecule is O=C(/C=C/c1ccc(OC(F)(F)F)cc1)N1CCC2CN(C(=O)c3ccc4nonc4c3)CC2CC1. The van der Waals surface area contributed by atoms with Crippen LogP contribution in [0.5, 0.6) is 5.75 Å². The minimum absolute atomic E-state index is 0.0458. The van der Waals surface area contributed by atoms with Crippen LogP contribution < -0.4 is 4.74 Å². The van der Waals surface area contributed by atoms with Crippen LogP contribution in [0.1, 0.15) is 28.8 Å². The maximum Gasteiger partial charge on any atom is 0.573 e. The van der Waals surface area contributed by atoms with E-state index in [2.05, 4.69) is 15.1 Å². The van der Waals surface area contributed by atoms with Crippen LogP contribution in [0.4, 0.5) is 13.2 Å². The van der Waals surface area contributed by atoms with E-state index in [-0.39, 0.29) is 17.6 Å². The number of nitrogens with zero attached hydrogens (tertiary/aromatic N) is 4. The summed E-state index contributed by atoms with van der Waals surface area (Å²) in [6, 6.07) is 10.5. The fourth-order valence-corrected chi connectivity index (χ4v) is 4.89. The summed E-state index contributed by atoms with van der Waals surface area (Å²) in [6.07, 6.45) is -0.140. The summed E-state index contributed by atoms with van der Waals surface area (Å²) in [4.78, 5) is 29.4. The van der Waals surface area contributed by atoms with Crippen molar-refractivity contribution >= 4 is 28.9 Å². The van der Waals surface area contributed by atoms with Crippen molar-refractivity contribution in [3.05, 3.63) is 59.7 Å². The van der Waals surface area contributed by atoms with Crippen molar-refractivity contribution in [3.63, 3.8) is 0 Å². The van der Waals surface area contributed by atoms with Gasteiger partial charge >= 0.3 is 6.36 Å². The summed E-state index contributed by atoms with van der Waals surface area (Å²) in [5, 5.41) is 7.56. The second-order valence-electron chi connectivity index (χ2n) is 9.05. The molecule has 0 saturated carbocycles. The van der Waals surface area contributed by atoms with Crippen LogP contribution in [0.3, 0.4) is 0 Å². The van der Waals surface area contributed by atoms with Gasteiger partial charge in [0.1, 0.15) is 16.8 Å². The van der Waals surface area contributed by atoms with Crippen molar-refractivity contribution in [1.82, 2.24) is 20.1 Å². The molecule has 0 radical (unpaired) electrons. The van der Waals surface area contributed by atoms with E-state index in [1.807, 2.05) is 4.90 Å². The Morgan fingerprint density at radius 2 is 1.61 bits per heavy atom. The number of carbonyl (C=O) groups excluding carboxylic acids is 2.